The van der Waals surface area contributed by atoms with Crippen LogP contribution in [0.5, 0.6) is 5.75 Å². The normalized spacial score (nSPS) is 14.7. The number of ether oxygens (including phenoxy) is 1. The van der Waals surface area contributed by atoms with E-state index in [1.165, 1.54) is 11.1 Å². The number of rotatable bonds is 7. The van der Waals surface area contributed by atoms with Gasteiger partial charge in [0, 0.05) is 25.7 Å². The summed E-state index contributed by atoms with van der Waals surface area (Å²) in [4.78, 5) is 14.6. The molecule has 0 saturated carbocycles. The topological polar surface area (TPSA) is 65.4 Å². The van der Waals surface area contributed by atoms with Crippen molar-refractivity contribution in [1.29, 1.82) is 5.26 Å². The van der Waals surface area contributed by atoms with E-state index in [1.54, 1.807) is 24.3 Å². The highest BCUT2D eigenvalue weighted by Crippen LogP contribution is 2.21. The van der Waals surface area contributed by atoms with Crippen LogP contribution < -0.4 is 10.1 Å². The molecular formula is C22H25N3O2. The average molecular weight is 363 g/mol. The molecule has 0 fully saturated rings. The molecule has 5 heteroatoms. The Morgan fingerprint density at radius 2 is 1.96 bits per heavy atom. The first-order valence-electron chi connectivity index (χ1n) is 9.40. The minimum Gasteiger partial charge on any atom is -0.484 e. The van der Waals surface area contributed by atoms with Crippen molar-refractivity contribution in [3.63, 3.8) is 0 Å². The summed E-state index contributed by atoms with van der Waals surface area (Å²) in [6.07, 6.45) is 2.04. The minimum absolute atomic E-state index is 0.0227. The van der Waals surface area contributed by atoms with Gasteiger partial charge in [0.25, 0.3) is 5.91 Å². The highest BCUT2D eigenvalue weighted by molar-refractivity contribution is 5.77. The second-order valence-corrected chi connectivity index (χ2v) is 6.78. The Bertz CT molecular complexity index is 811. The molecule has 0 spiro atoms. The number of carbonyl (C=O) groups is 1. The van der Waals surface area contributed by atoms with Gasteiger partial charge in [-0.25, -0.2) is 0 Å². The van der Waals surface area contributed by atoms with Gasteiger partial charge in [-0.1, -0.05) is 31.2 Å². The summed E-state index contributed by atoms with van der Waals surface area (Å²) < 4.78 is 5.49. The predicted molar refractivity (Wildman–Crippen MR) is 104 cm³/mol. The lowest BCUT2D eigenvalue weighted by atomic mass is 9.98. The Morgan fingerprint density at radius 1 is 1.22 bits per heavy atom. The van der Waals surface area contributed by atoms with Crippen LogP contribution in [-0.4, -0.2) is 36.5 Å². The highest BCUT2D eigenvalue weighted by Gasteiger charge is 2.22. The Balaban J connectivity index is 1.46. The molecule has 0 bridgehead atoms. The molecule has 1 amide bonds. The third-order valence-electron chi connectivity index (χ3n) is 5.04. The predicted octanol–water partition coefficient (Wildman–Crippen LogP) is 2.89. The lowest BCUT2D eigenvalue weighted by Gasteiger charge is -2.35. The van der Waals surface area contributed by atoms with Gasteiger partial charge in [-0.05, 0) is 48.2 Å². The fourth-order valence-corrected chi connectivity index (χ4v) is 3.42. The van der Waals surface area contributed by atoms with Crippen LogP contribution >= 0.6 is 0 Å². The van der Waals surface area contributed by atoms with Crippen LogP contribution in [0.2, 0.25) is 0 Å². The minimum atomic E-state index is -0.129. The lowest BCUT2D eigenvalue weighted by molar-refractivity contribution is -0.123. The maximum Gasteiger partial charge on any atom is 0.257 e. The van der Waals surface area contributed by atoms with Crippen LogP contribution in [0.25, 0.3) is 0 Å². The van der Waals surface area contributed by atoms with Crippen LogP contribution in [0.15, 0.2) is 48.5 Å². The zero-order valence-electron chi connectivity index (χ0n) is 15.6. The molecule has 27 heavy (non-hydrogen) atoms. The van der Waals surface area contributed by atoms with E-state index in [4.69, 9.17) is 10.00 Å². The van der Waals surface area contributed by atoms with Crippen molar-refractivity contribution in [1.82, 2.24) is 10.2 Å². The van der Waals surface area contributed by atoms with E-state index in [9.17, 15) is 4.79 Å². The summed E-state index contributed by atoms with van der Waals surface area (Å²) in [5.41, 5.74) is 3.39. The van der Waals surface area contributed by atoms with Crippen LogP contribution in [0, 0.1) is 11.3 Å². The van der Waals surface area contributed by atoms with Gasteiger partial charge in [0.15, 0.2) is 6.61 Å². The first-order valence-corrected chi connectivity index (χ1v) is 9.40. The SMILES string of the molecule is CC[C@@H](CNC(=O)COc1ccc(C#N)cc1)N1CCc2ccccc2C1. The summed E-state index contributed by atoms with van der Waals surface area (Å²) in [6.45, 7) is 4.71. The number of nitrogens with zero attached hydrogens (tertiary/aromatic N) is 2. The molecule has 0 unspecified atom stereocenters. The Kier molecular flexibility index (Phi) is 6.45. The summed E-state index contributed by atoms with van der Waals surface area (Å²) in [7, 11) is 0. The second-order valence-electron chi connectivity index (χ2n) is 6.78. The zero-order chi connectivity index (χ0) is 19.1. The van der Waals surface area contributed by atoms with E-state index < -0.39 is 0 Å². The molecule has 1 heterocycles. The fourth-order valence-electron chi connectivity index (χ4n) is 3.42. The Morgan fingerprint density at radius 3 is 2.67 bits per heavy atom. The smallest absolute Gasteiger partial charge is 0.257 e. The van der Waals surface area contributed by atoms with E-state index in [1.807, 2.05) is 0 Å². The molecule has 0 saturated heterocycles. The number of benzene rings is 2. The summed E-state index contributed by atoms with van der Waals surface area (Å²) in [5, 5.41) is 11.8. The molecule has 0 radical (unpaired) electrons. The van der Waals surface area contributed by atoms with Crippen molar-refractivity contribution in [3.8, 4) is 11.8 Å². The maximum absolute atomic E-state index is 12.1. The molecule has 2 aromatic carbocycles. The molecule has 0 aromatic heterocycles. The standard InChI is InChI=1S/C22H25N3O2/c1-2-20(25-12-11-18-5-3-4-6-19(18)15-25)14-24-22(26)16-27-21-9-7-17(13-23)8-10-21/h3-10,20H,2,11-12,14-16H2,1H3,(H,24,26)/t20-/m0/s1. The largest absolute Gasteiger partial charge is 0.484 e. The summed E-state index contributed by atoms with van der Waals surface area (Å²) in [5.74, 6) is 0.457. The number of carbonyl (C=O) groups excluding carboxylic acids is 1. The molecule has 1 aliphatic heterocycles. The quantitative estimate of drug-likeness (QED) is 0.821. The third-order valence-corrected chi connectivity index (χ3v) is 5.04. The van der Waals surface area contributed by atoms with Gasteiger partial charge in [0.1, 0.15) is 5.75 Å². The molecule has 0 aliphatic carbocycles. The van der Waals surface area contributed by atoms with Crippen LogP contribution in [0.4, 0.5) is 0 Å². The van der Waals surface area contributed by atoms with E-state index in [-0.39, 0.29) is 12.5 Å². The maximum atomic E-state index is 12.1. The molecule has 3 rings (SSSR count). The molecule has 2 aromatic rings. The van der Waals surface area contributed by atoms with Crippen molar-refractivity contribution >= 4 is 5.91 Å². The Labute approximate surface area is 160 Å². The van der Waals surface area contributed by atoms with Gasteiger partial charge in [-0.3, -0.25) is 9.69 Å². The molecule has 1 N–H and O–H groups in total. The van der Waals surface area contributed by atoms with Gasteiger partial charge in [-0.15, -0.1) is 0 Å². The number of hydrogen-bond donors (Lipinski definition) is 1. The van der Waals surface area contributed by atoms with Crippen LogP contribution in [-0.2, 0) is 17.8 Å². The Hall–Kier alpha value is -2.84. The van der Waals surface area contributed by atoms with E-state index in [0.717, 1.165) is 25.9 Å². The average Bonchev–Trinajstić information content (AvgIpc) is 2.73. The number of amides is 1. The van der Waals surface area contributed by atoms with E-state index in [0.29, 0.717) is 23.9 Å². The first kappa shape index (κ1) is 18.9. The van der Waals surface area contributed by atoms with Crippen molar-refractivity contribution < 1.29 is 9.53 Å². The summed E-state index contributed by atoms with van der Waals surface area (Å²) >= 11 is 0. The monoisotopic (exact) mass is 363 g/mol. The van der Waals surface area contributed by atoms with Crippen LogP contribution in [0.3, 0.4) is 0 Å². The second kappa shape index (κ2) is 9.20. The van der Waals surface area contributed by atoms with E-state index >= 15 is 0 Å². The first-order chi connectivity index (χ1) is 13.2. The lowest BCUT2D eigenvalue weighted by Crippen LogP contribution is -2.46. The van der Waals surface area contributed by atoms with Crippen LogP contribution in [0.1, 0.15) is 30.0 Å². The van der Waals surface area contributed by atoms with Crippen molar-refractivity contribution in [2.24, 2.45) is 0 Å². The highest BCUT2D eigenvalue weighted by atomic mass is 16.5. The van der Waals surface area contributed by atoms with Gasteiger partial charge < -0.3 is 10.1 Å². The third kappa shape index (κ3) is 5.08. The van der Waals surface area contributed by atoms with E-state index in [2.05, 4.69) is 47.5 Å². The molecule has 1 aliphatic rings. The molecular weight excluding hydrogens is 338 g/mol. The molecule has 140 valence electrons. The number of fused-ring (bicyclic) bond motifs is 1. The molecule has 1 atom stereocenters. The fraction of sp³-hybridized carbons (Fsp3) is 0.364. The van der Waals surface area contributed by atoms with Crippen molar-refractivity contribution in [3.05, 3.63) is 65.2 Å². The van der Waals surface area contributed by atoms with Gasteiger partial charge in [-0.2, -0.15) is 5.26 Å². The zero-order valence-corrected chi connectivity index (χ0v) is 15.6. The van der Waals surface area contributed by atoms with Crippen molar-refractivity contribution in [2.75, 3.05) is 19.7 Å². The number of hydrogen-bond acceptors (Lipinski definition) is 4. The van der Waals surface area contributed by atoms with Gasteiger partial charge >= 0.3 is 0 Å². The van der Waals surface area contributed by atoms with Gasteiger partial charge in [0.05, 0.1) is 11.6 Å². The number of nitrogens with one attached hydrogen (secondary N) is 1. The number of nitriles is 1. The van der Waals surface area contributed by atoms with Crippen molar-refractivity contribution in [2.45, 2.75) is 32.4 Å². The summed E-state index contributed by atoms with van der Waals surface area (Å²) in [6, 6.07) is 17.7. The van der Waals surface area contributed by atoms with Gasteiger partial charge in [0.2, 0.25) is 0 Å². The molecule has 5 nitrogen and oxygen atoms in total.